The molecule has 15 heavy (non-hydrogen) atoms. The van der Waals surface area contributed by atoms with Crippen molar-refractivity contribution in [2.75, 3.05) is 6.54 Å². The molecule has 4 heteroatoms. The molecule has 0 aliphatic carbocycles. The third-order valence-corrected chi connectivity index (χ3v) is 2.22. The fourth-order valence-electron chi connectivity index (χ4n) is 1.32. The molecule has 2 N–H and O–H groups in total. The minimum Gasteiger partial charge on any atom is -0.340 e. The van der Waals surface area contributed by atoms with E-state index in [4.69, 9.17) is 0 Å². The first-order valence-corrected chi connectivity index (χ1v) is 5.51. The van der Waals surface area contributed by atoms with Gasteiger partial charge in [-0.3, -0.25) is 0 Å². The molecule has 1 unspecified atom stereocenters. The van der Waals surface area contributed by atoms with Crippen LogP contribution in [0, 0.1) is 0 Å². The molecule has 0 amide bonds. The van der Waals surface area contributed by atoms with Crippen LogP contribution in [0.3, 0.4) is 0 Å². The van der Waals surface area contributed by atoms with Crippen molar-refractivity contribution in [3.8, 4) is 0 Å². The number of nitrogens with one attached hydrogen (secondary N) is 2. The number of imidazole rings is 1. The van der Waals surface area contributed by atoms with E-state index in [1.54, 1.807) is 0 Å². The minimum atomic E-state index is 0.467. The Kier molecular flexibility index (Phi) is 4.78. The zero-order valence-corrected chi connectivity index (χ0v) is 10.1. The molecule has 0 saturated carbocycles. The van der Waals surface area contributed by atoms with Gasteiger partial charge in [-0.25, -0.2) is 4.98 Å². The summed E-state index contributed by atoms with van der Waals surface area (Å²) in [6.45, 7) is 8.32. The van der Waals surface area contributed by atoms with E-state index in [0.29, 0.717) is 12.1 Å². The molecule has 1 atom stereocenters. The van der Waals surface area contributed by atoms with Gasteiger partial charge in [-0.15, -0.1) is 0 Å². The Hall–Kier alpha value is -0.870. The number of hydrogen-bond acceptors (Lipinski definition) is 3. The average molecular weight is 210 g/mol. The maximum Gasteiger partial charge on any atom is 0.0947 e. The predicted octanol–water partition coefficient (Wildman–Crippen LogP) is 0.896. The van der Waals surface area contributed by atoms with Gasteiger partial charge in [0.1, 0.15) is 0 Å². The van der Waals surface area contributed by atoms with Crippen LogP contribution < -0.4 is 10.6 Å². The molecule has 0 spiro atoms. The van der Waals surface area contributed by atoms with Gasteiger partial charge in [0, 0.05) is 38.4 Å². The van der Waals surface area contributed by atoms with Gasteiger partial charge in [0.2, 0.25) is 0 Å². The molecule has 0 aliphatic rings. The lowest BCUT2D eigenvalue weighted by atomic mass is 10.3. The average Bonchev–Trinajstić information content (AvgIpc) is 2.58. The third-order valence-electron chi connectivity index (χ3n) is 2.22. The first kappa shape index (κ1) is 12.2. The summed E-state index contributed by atoms with van der Waals surface area (Å²) in [4.78, 5) is 4.26. The number of aryl methyl sites for hydroxylation is 1. The second-order valence-electron chi connectivity index (χ2n) is 4.38. The molecule has 0 fully saturated rings. The molecule has 0 radical (unpaired) electrons. The monoisotopic (exact) mass is 210 g/mol. The maximum atomic E-state index is 4.26. The Morgan fingerprint density at radius 3 is 2.60 bits per heavy atom. The lowest BCUT2D eigenvalue weighted by molar-refractivity contribution is 0.472. The molecular weight excluding hydrogens is 188 g/mol. The van der Waals surface area contributed by atoms with Gasteiger partial charge < -0.3 is 15.2 Å². The van der Waals surface area contributed by atoms with Crippen LogP contribution in [0.2, 0.25) is 0 Å². The summed E-state index contributed by atoms with van der Waals surface area (Å²) in [5.41, 5.74) is 1.09. The molecule has 0 aliphatic heterocycles. The van der Waals surface area contributed by atoms with Crippen LogP contribution in [0.25, 0.3) is 0 Å². The minimum absolute atomic E-state index is 0.467. The Morgan fingerprint density at radius 1 is 1.33 bits per heavy atom. The summed E-state index contributed by atoms with van der Waals surface area (Å²) in [6, 6.07) is 1.01. The van der Waals surface area contributed by atoms with Crippen LogP contribution >= 0.6 is 0 Å². The smallest absolute Gasteiger partial charge is 0.0947 e. The zero-order valence-electron chi connectivity index (χ0n) is 10.1. The van der Waals surface area contributed by atoms with E-state index in [0.717, 1.165) is 18.8 Å². The van der Waals surface area contributed by atoms with E-state index in [1.807, 2.05) is 24.1 Å². The second-order valence-corrected chi connectivity index (χ2v) is 4.38. The lowest BCUT2D eigenvalue weighted by Gasteiger charge is -2.15. The van der Waals surface area contributed by atoms with Crippen molar-refractivity contribution >= 4 is 0 Å². The van der Waals surface area contributed by atoms with Crippen LogP contribution in [-0.4, -0.2) is 28.2 Å². The Labute approximate surface area is 92.1 Å². The van der Waals surface area contributed by atoms with Gasteiger partial charge in [-0.1, -0.05) is 13.8 Å². The quantitative estimate of drug-likeness (QED) is 0.733. The Bertz CT molecular complexity index is 280. The highest BCUT2D eigenvalue weighted by Crippen LogP contribution is 1.94. The molecule has 4 nitrogen and oxygen atoms in total. The van der Waals surface area contributed by atoms with Crippen molar-refractivity contribution in [1.82, 2.24) is 20.2 Å². The lowest BCUT2D eigenvalue weighted by Crippen LogP contribution is -2.38. The maximum absolute atomic E-state index is 4.26. The molecule has 0 aromatic carbocycles. The van der Waals surface area contributed by atoms with Gasteiger partial charge in [0.15, 0.2) is 0 Å². The van der Waals surface area contributed by atoms with Crippen LogP contribution in [0.15, 0.2) is 12.5 Å². The van der Waals surface area contributed by atoms with Crippen molar-refractivity contribution < 1.29 is 0 Å². The van der Waals surface area contributed by atoms with Crippen molar-refractivity contribution in [1.29, 1.82) is 0 Å². The number of hydrogen-bond donors (Lipinski definition) is 2. The van der Waals surface area contributed by atoms with Gasteiger partial charge in [0.05, 0.1) is 12.0 Å². The molecule has 86 valence electrons. The molecule has 1 aromatic heterocycles. The highest BCUT2D eigenvalue weighted by molar-refractivity contribution is 4.95. The largest absolute Gasteiger partial charge is 0.340 e. The SMILES string of the molecule is CC(C)NCC(C)NCc1cn(C)cn1. The number of aromatic nitrogens is 2. The van der Waals surface area contributed by atoms with E-state index in [9.17, 15) is 0 Å². The molecule has 1 aromatic rings. The third kappa shape index (κ3) is 4.95. The summed E-state index contributed by atoms with van der Waals surface area (Å²) >= 11 is 0. The topological polar surface area (TPSA) is 41.9 Å². The predicted molar refractivity (Wildman–Crippen MR) is 62.6 cm³/mol. The van der Waals surface area contributed by atoms with Crippen molar-refractivity contribution in [2.24, 2.45) is 7.05 Å². The van der Waals surface area contributed by atoms with E-state index in [-0.39, 0.29) is 0 Å². The van der Waals surface area contributed by atoms with Crippen molar-refractivity contribution in [2.45, 2.75) is 39.4 Å². The normalized spacial score (nSPS) is 13.4. The molecule has 0 bridgehead atoms. The summed E-state index contributed by atoms with van der Waals surface area (Å²) in [7, 11) is 1.99. The van der Waals surface area contributed by atoms with E-state index in [1.165, 1.54) is 0 Å². The van der Waals surface area contributed by atoms with E-state index >= 15 is 0 Å². The van der Waals surface area contributed by atoms with E-state index < -0.39 is 0 Å². The van der Waals surface area contributed by atoms with Gasteiger partial charge in [0.25, 0.3) is 0 Å². The second kappa shape index (κ2) is 5.88. The van der Waals surface area contributed by atoms with Gasteiger partial charge in [-0.05, 0) is 6.92 Å². The van der Waals surface area contributed by atoms with Crippen molar-refractivity contribution in [3.63, 3.8) is 0 Å². The molecular formula is C11H22N4. The molecule has 1 rings (SSSR count). The standard InChI is InChI=1S/C11H22N4/c1-9(2)12-5-10(3)13-6-11-7-15(4)8-14-11/h7-10,12-13H,5-6H2,1-4H3. The van der Waals surface area contributed by atoms with Crippen LogP contribution in [0.5, 0.6) is 0 Å². The zero-order chi connectivity index (χ0) is 11.3. The Balaban J connectivity index is 2.19. The number of rotatable bonds is 6. The first-order chi connectivity index (χ1) is 7.08. The summed E-state index contributed by atoms with van der Waals surface area (Å²) < 4.78 is 1.97. The van der Waals surface area contributed by atoms with Gasteiger partial charge in [-0.2, -0.15) is 0 Å². The van der Waals surface area contributed by atoms with Crippen molar-refractivity contribution in [3.05, 3.63) is 18.2 Å². The molecule has 0 saturated heterocycles. The van der Waals surface area contributed by atoms with Crippen LogP contribution in [0.1, 0.15) is 26.5 Å². The van der Waals surface area contributed by atoms with Crippen LogP contribution in [-0.2, 0) is 13.6 Å². The van der Waals surface area contributed by atoms with Crippen LogP contribution in [0.4, 0.5) is 0 Å². The summed E-state index contributed by atoms with van der Waals surface area (Å²) in [6.07, 6.45) is 3.86. The fraction of sp³-hybridized carbons (Fsp3) is 0.727. The Morgan fingerprint density at radius 2 is 2.07 bits per heavy atom. The van der Waals surface area contributed by atoms with E-state index in [2.05, 4.69) is 36.4 Å². The molecule has 1 heterocycles. The highest BCUT2D eigenvalue weighted by atomic mass is 15.0. The first-order valence-electron chi connectivity index (χ1n) is 5.51. The number of nitrogens with zero attached hydrogens (tertiary/aromatic N) is 2. The fourth-order valence-corrected chi connectivity index (χ4v) is 1.32. The summed E-state index contributed by atoms with van der Waals surface area (Å²) in [5.74, 6) is 0. The highest BCUT2D eigenvalue weighted by Gasteiger charge is 2.03. The summed E-state index contributed by atoms with van der Waals surface area (Å²) in [5, 5.41) is 6.83. The van der Waals surface area contributed by atoms with Gasteiger partial charge >= 0.3 is 0 Å².